The number of nitrogens with one attached hydrogen (secondary N) is 1. The van der Waals surface area contributed by atoms with Crippen LogP contribution in [0.15, 0.2) is 18.2 Å². The van der Waals surface area contributed by atoms with Gasteiger partial charge < -0.3 is 10.1 Å². The van der Waals surface area contributed by atoms with Gasteiger partial charge in [0, 0.05) is 18.2 Å². The van der Waals surface area contributed by atoms with Gasteiger partial charge >= 0.3 is 0 Å². The first-order valence-electron chi connectivity index (χ1n) is 6.87. The van der Waals surface area contributed by atoms with E-state index in [0.29, 0.717) is 0 Å². The monoisotopic (exact) mass is 248 g/mol. The van der Waals surface area contributed by atoms with E-state index in [1.807, 2.05) is 18.2 Å². The van der Waals surface area contributed by atoms with Gasteiger partial charge in [0.1, 0.15) is 0 Å². The Bertz CT molecular complexity index is 380. The SMILES string of the molecule is CC(C)(C)NCc1cccc(OCCC2CC2)n1. The third-order valence-electron chi connectivity index (χ3n) is 3.05. The van der Waals surface area contributed by atoms with E-state index in [1.165, 1.54) is 19.3 Å². The fourth-order valence-electron chi connectivity index (χ4n) is 1.73. The summed E-state index contributed by atoms with van der Waals surface area (Å²) in [5.41, 5.74) is 1.15. The van der Waals surface area contributed by atoms with Crippen molar-refractivity contribution >= 4 is 0 Å². The van der Waals surface area contributed by atoms with Crippen LogP contribution >= 0.6 is 0 Å². The van der Waals surface area contributed by atoms with E-state index in [1.54, 1.807) is 0 Å². The maximum atomic E-state index is 5.69. The lowest BCUT2D eigenvalue weighted by atomic mass is 10.1. The molecule has 1 aliphatic carbocycles. The van der Waals surface area contributed by atoms with Crippen molar-refractivity contribution in [3.8, 4) is 5.88 Å². The van der Waals surface area contributed by atoms with Gasteiger partial charge in [-0.05, 0) is 39.2 Å². The largest absolute Gasteiger partial charge is 0.478 e. The van der Waals surface area contributed by atoms with E-state index < -0.39 is 0 Å². The average Bonchev–Trinajstić information content (AvgIpc) is 3.10. The van der Waals surface area contributed by atoms with Crippen LogP contribution in [0.3, 0.4) is 0 Å². The summed E-state index contributed by atoms with van der Waals surface area (Å²) in [5.74, 6) is 1.67. The van der Waals surface area contributed by atoms with E-state index in [2.05, 4.69) is 31.1 Å². The number of hydrogen-bond acceptors (Lipinski definition) is 3. The Kier molecular flexibility index (Phi) is 4.23. The van der Waals surface area contributed by atoms with Crippen molar-refractivity contribution in [2.24, 2.45) is 5.92 Å². The minimum atomic E-state index is 0.116. The fourth-order valence-corrected chi connectivity index (χ4v) is 1.73. The van der Waals surface area contributed by atoms with Crippen molar-refractivity contribution in [1.82, 2.24) is 10.3 Å². The Morgan fingerprint density at radius 3 is 2.78 bits per heavy atom. The lowest BCUT2D eigenvalue weighted by molar-refractivity contribution is 0.290. The zero-order chi connectivity index (χ0) is 13.0. The molecule has 3 nitrogen and oxygen atoms in total. The van der Waals surface area contributed by atoms with Gasteiger partial charge in [0.05, 0.1) is 12.3 Å². The van der Waals surface area contributed by atoms with Crippen molar-refractivity contribution in [1.29, 1.82) is 0 Å². The molecule has 0 aliphatic heterocycles. The molecule has 3 heteroatoms. The van der Waals surface area contributed by atoms with Crippen LogP contribution in [0.2, 0.25) is 0 Å². The first-order chi connectivity index (χ1) is 8.53. The molecule has 1 fully saturated rings. The van der Waals surface area contributed by atoms with Crippen molar-refractivity contribution in [3.63, 3.8) is 0 Å². The Balaban J connectivity index is 1.79. The van der Waals surface area contributed by atoms with Gasteiger partial charge in [-0.2, -0.15) is 0 Å². The summed E-state index contributed by atoms with van der Waals surface area (Å²) in [6.45, 7) is 8.05. The van der Waals surface area contributed by atoms with Crippen molar-refractivity contribution < 1.29 is 4.74 Å². The van der Waals surface area contributed by atoms with Crippen LogP contribution in [0.5, 0.6) is 5.88 Å². The molecule has 100 valence electrons. The highest BCUT2D eigenvalue weighted by Gasteiger charge is 2.20. The molecule has 1 aromatic rings. The van der Waals surface area contributed by atoms with E-state index in [9.17, 15) is 0 Å². The standard InChI is InChI=1S/C15H24N2O/c1-15(2,3)16-11-13-5-4-6-14(17-13)18-10-9-12-7-8-12/h4-6,12,16H,7-11H2,1-3H3. The zero-order valence-corrected chi connectivity index (χ0v) is 11.7. The van der Waals surface area contributed by atoms with E-state index in [0.717, 1.165) is 30.6 Å². The Morgan fingerprint density at radius 2 is 2.11 bits per heavy atom. The van der Waals surface area contributed by atoms with E-state index in [4.69, 9.17) is 4.74 Å². The van der Waals surface area contributed by atoms with Gasteiger partial charge in [-0.3, -0.25) is 0 Å². The maximum Gasteiger partial charge on any atom is 0.213 e. The van der Waals surface area contributed by atoms with E-state index >= 15 is 0 Å². The highest BCUT2D eigenvalue weighted by Crippen LogP contribution is 2.32. The third-order valence-corrected chi connectivity index (χ3v) is 3.05. The summed E-state index contributed by atoms with van der Waals surface area (Å²) >= 11 is 0. The quantitative estimate of drug-likeness (QED) is 0.839. The van der Waals surface area contributed by atoms with Crippen LogP contribution in [-0.2, 0) is 6.54 Å². The number of ether oxygens (including phenoxy) is 1. The molecule has 0 aromatic carbocycles. The first-order valence-corrected chi connectivity index (χ1v) is 6.87. The predicted octanol–water partition coefficient (Wildman–Crippen LogP) is 3.15. The molecule has 1 N–H and O–H groups in total. The number of pyridine rings is 1. The fraction of sp³-hybridized carbons (Fsp3) is 0.667. The van der Waals surface area contributed by atoms with Gasteiger partial charge in [0.15, 0.2) is 0 Å². The molecule has 0 saturated heterocycles. The summed E-state index contributed by atoms with van der Waals surface area (Å²) < 4.78 is 5.69. The Morgan fingerprint density at radius 1 is 1.33 bits per heavy atom. The van der Waals surface area contributed by atoms with Crippen LogP contribution in [-0.4, -0.2) is 17.1 Å². The van der Waals surface area contributed by atoms with Crippen molar-refractivity contribution in [2.75, 3.05) is 6.61 Å². The van der Waals surface area contributed by atoms with Crippen LogP contribution in [0, 0.1) is 5.92 Å². The molecule has 0 amide bonds. The molecular formula is C15H24N2O. The van der Waals surface area contributed by atoms with Crippen LogP contribution in [0.1, 0.15) is 45.7 Å². The summed E-state index contributed by atoms with van der Waals surface area (Å²) in [6, 6.07) is 5.99. The van der Waals surface area contributed by atoms with Gasteiger partial charge in [-0.1, -0.05) is 18.9 Å². The minimum Gasteiger partial charge on any atom is -0.478 e. The average molecular weight is 248 g/mol. The Labute approximate surface area is 110 Å². The van der Waals surface area contributed by atoms with Crippen LogP contribution < -0.4 is 10.1 Å². The highest BCUT2D eigenvalue weighted by molar-refractivity contribution is 5.15. The molecule has 0 radical (unpaired) electrons. The lowest BCUT2D eigenvalue weighted by Gasteiger charge is -2.20. The predicted molar refractivity (Wildman–Crippen MR) is 73.7 cm³/mol. The van der Waals surface area contributed by atoms with Gasteiger partial charge in [0.2, 0.25) is 5.88 Å². The second-order valence-corrected chi connectivity index (χ2v) is 6.15. The molecule has 1 saturated carbocycles. The summed E-state index contributed by atoms with van der Waals surface area (Å²) in [7, 11) is 0. The molecule has 1 aromatic heterocycles. The molecule has 0 atom stereocenters. The summed E-state index contributed by atoms with van der Waals surface area (Å²) in [6.07, 6.45) is 3.94. The summed E-state index contributed by atoms with van der Waals surface area (Å²) in [5, 5.41) is 3.43. The molecule has 0 bridgehead atoms. The molecule has 0 spiro atoms. The van der Waals surface area contributed by atoms with Gasteiger partial charge in [-0.15, -0.1) is 0 Å². The minimum absolute atomic E-state index is 0.116. The highest BCUT2D eigenvalue weighted by atomic mass is 16.5. The molecule has 1 heterocycles. The molecule has 0 unspecified atom stereocenters. The van der Waals surface area contributed by atoms with Gasteiger partial charge in [0.25, 0.3) is 0 Å². The third kappa shape index (κ3) is 5.05. The smallest absolute Gasteiger partial charge is 0.213 e. The van der Waals surface area contributed by atoms with Crippen LogP contribution in [0.4, 0.5) is 0 Å². The topological polar surface area (TPSA) is 34.1 Å². The normalized spacial score (nSPS) is 15.7. The molecule has 1 aliphatic rings. The molecule has 18 heavy (non-hydrogen) atoms. The summed E-state index contributed by atoms with van der Waals surface area (Å²) in [4.78, 5) is 4.51. The van der Waals surface area contributed by atoms with E-state index in [-0.39, 0.29) is 5.54 Å². The number of aromatic nitrogens is 1. The maximum absolute atomic E-state index is 5.69. The van der Waals surface area contributed by atoms with Crippen LogP contribution in [0.25, 0.3) is 0 Å². The number of rotatable bonds is 6. The second kappa shape index (κ2) is 5.70. The van der Waals surface area contributed by atoms with Gasteiger partial charge in [-0.25, -0.2) is 4.98 Å². The molecular weight excluding hydrogens is 224 g/mol. The zero-order valence-electron chi connectivity index (χ0n) is 11.7. The number of nitrogens with zero attached hydrogens (tertiary/aromatic N) is 1. The van der Waals surface area contributed by atoms with Crippen molar-refractivity contribution in [2.45, 2.75) is 52.1 Å². The Hall–Kier alpha value is -1.09. The second-order valence-electron chi connectivity index (χ2n) is 6.15. The molecule has 2 rings (SSSR count). The van der Waals surface area contributed by atoms with Crippen molar-refractivity contribution in [3.05, 3.63) is 23.9 Å². The lowest BCUT2D eigenvalue weighted by Crippen LogP contribution is -2.35. The number of hydrogen-bond donors (Lipinski definition) is 1. The first kappa shape index (κ1) is 13.3.